The summed E-state index contributed by atoms with van der Waals surface area (Å²) in [5, 5.41) is 14.2. The minimum Gasteiger partial charge on any atom is -0.395 e. The van der Waals surface area contributed by atoms with E-state index in [1.165, 1.54) is 11.3 Å². The van der Waals surface area contributed by atoms with Crippen LogP contribution in [0.15, 0.2) is 22.0 Å². The van der Waals surface area contributed by atoms with Crippen LogP contribution in [0.3, 0.4) is 0 Å². The van der Waals surface area contributed by atoms with E-state index in [0.29, 0.717) is 11.7 Å². The van der Waals surface area contributed by atoms with E-state index in [9.17, 15) is 4.21 Å². The van der Waals surface area contributed by atoms with Gasteiger partial charge in [0.2, 0.25) is 11.7 Å². The highest BCUT2D eigenvalue weighted by molar-refractivity contribution is 7.85. The molecular formula is C10H12N2O3S2. The summed E-state index contributed by atoms with van der Waals surface area (Å²) < 4.78 is 16.8. The summed E-state index contributed by atoms with van der Waals surface area (Å²) in [6.07, 6.45) is 0. The zero-order valence-corrected chi connectivity index (χ0v) is 10.8. The topological polar surface area (TPSA) is 76.2 Å². The van der Waals surface area contributed by atoms with Crippen molar-refractivity contribution in [1.82, 2.24) is 10.1 Å². The third kappa shape index (κ3) is 2.80. The first kappa shape index (κ1) is 12.4. The van der Waals surface area contributed by atoms with Gasteiger partial charge in [-0.3, -0.25) is 4.21 Å². The predicted octanol–water partition coefficient (Wildman–Crippen LogP) is 1.60. The Hall–Kier alpha value is -1.05. The van der Waals surface area contributed by atoms with Crippen LogP contribution >= 0.6 is 11.3 Å². The molecule has 0 radical (unpaired) electrons. The van der Waals surface area contributed by atoms with Gasteiger partial charge in [-0.05, 0) is 18.4 Å². The maximum absolute atomic E-state index is 11.7. The fourth-order valence-corrected chi connectivity index (χ4v) is 2.79. The van der Waals surface area contributed by atoms with Crippen molar-refractivity contribution in [2.75, 3.05) is 12.4 Å². The maximum Gasteiger partial charge on any atom is 0.242 e. The number of hydrogen-bond donors (Lipinski definition) is 1. The average Bonchev–Trinajstić information content (AvgIpc) is 2.98. The second kappa shape index (κ2) is 5.52. The Morgan fingerprint density at radius 2 is 2.47 bits per heavy atom. The van der Waals surface area contributed by atoms with Crippen LogP contribution in [0.25, 0.3) is 10.7 Å². The van der Waals surface area contributed by atoms with Crippen molar-refractivity contribution < 1.29 is 13.8 Å². The summed E-state index contributed by atoms with van der Waals surface area (Å²) in [7, 11) is -1.19. The molecule has 0 saturated heterocycles. The molecule has 0 fully saturated rings. The quantitative estimate of drug-likeness (QED) is 0.894. The molecule has 0 bridgehead atoms. The summed E-state index contributed by atoms with van der Waals surface area (Å²) in [5.41, 5.74) is 0. The van der Waals surface area contributed by atoms with Crippen molar-refractivity contribution in [3.63, 3.8) is 0 Å². The van der Waals surface area contributed by atoms with Crippen molar-refractivity contribution in [3.8, 4) is 10.7 Å². The van der Waals surface area contributed by atoms with E-state index in [4.69, 9.17) is 9.63 Å². The second-order valence-electron chi connectivity index (χ2n) is 3.38. The van der Waals surface area contributed by atoms with Gasteiger partial charge >= 0.3 is 0 Å². The summed E-state index contributed by atoms with van der Waals surface area (Å²) in [5.74, 6) is 1.08. The molecule has 0 aromatic carbocycles. The van der Waals surface area contributed by atoms with Gasteiger partial charge in [0.15, 0.2) is 0 Å². The molecule has 0 spiro atoms. The third-order valence-corrected chi connectivity index (χ3v) is 4.66. The maximum atomic E-state index is 11.7. The molecule has 5 nitrogen and oxygen atoms in total. The lowest BCUT2D eigenvalue weighted by Crippen LogP contribution is -2.09. The molecule has 0 unspecified atom stereocenters. The molecule has 17 heavy (non-hydrogen) atoms. The Bertz CT molecular complexity index is 495. The molecule has 0 aliphatic carbocycles. The van der Waals surface area contributed by atoms with Crippen LogP contribution in [0.1, 0.15) is 18.1 Å². The lowest BCUT2D eigenvalue weighted by atomic mass is 10.4. The lowest BCUT2D eigenvalue weighted by Gasteiger charge is -2.03. The van der Waals surface area contributed by atoms with Crippen LogP contribution < -0.4 is 0 Å². The van der Waals surface area contributed by atoms with Crippen LogP contribution in [0.4, 0.5) is 0 Å². The summed E-state index contributed by atoms with van der Waals surface area (Å²) in [6, 6.07) is 3.80. The van der Waals surface area contributed by atoms with Crippen molar-refractivity contribution in [2.45, 2.75) is 12.2 Å². The van der Waals surface area contributed by atoms with E-state index in [2.05, 4.69) is 10.1 Å². The number of aliphatic hydroxyl groups excluding tert-OH is 1. The van der Waals surface area contributed by atoms with Gasteiger partial charge < -0.3 is 9.63 Å². The largest absolute Gasteiger partial charge is 0.395 e. The van der Waals surface area contributed by atoms with E-state index in [-0.39, 0.29) is 17.6 Å². The van der Waals surface area contributed by atoms with Gasteiger partial charge in [-0.25, -0.2) is 0 Å². The molecule has 2 aromatic heterocycles. The van der Waals surface area contributed by atoms with Crippen molar-refractivity contribution in [1.29, 1.82) is 0 Å². The average molecular weight is 272 g/mol. The summed E-state index contributed by atoms with van der Waals surface area (Å²) in [6.45, 7) is 1.64. The predicted molar refractivity (Wildman–Crippen MR) is 66.1 cm³/mol. The summed E-state index contributed by atoms with van der Waals surface area (Å²) in [4.78, 5) is 5.13. The van der Waals surface area contributed by atoms with E-state index < -0.39 is 10.8 Å². The van der Waals surface area contributed by atoms with E-state index in [1.54, 1.807) is 6.92 Å². The Balaban J connectivity index is 2.16. The van der Waals surface area contributed by atoms with Gasteiger partial charge in [-0.15, -0.1) is 11.3 Å². The van der Waals surface area contributed by atoms with Crippen LogP contribution in [0.5, 0.6) is 0 Å². The van der Waals surface area contributed by atoms with Crippen LogP contribution in [0, 0.1) is 0 Å². The molecule has 2 aromatic rings. The SMILES string of the molecule is C[C@H](c1nc(-c2cccs2)no1)[S@@](=O)CCO. The molecule has 2 heterocycles. The first-order valence-corrected chi connectivity index (χ1v) is 7.34. The standard InChI is InChI=1S/C10H12N2O3S2/c1-7(17(14)6-4-13)10-11-9(12-15-10)8-3-2-5-16-8/h2-3,5,7,13H,4,6H2,1H3/t7-,17+/m1/s1. The molecular weight excluding hydrogens is 260 g/mol. The van der Waals surface area contributed by atoms with E-state index in [1.807, 2.05) is 17.5 Å². The first-order valence-electron chi connectivity index (χ1n) is 5.08. The molecule has 0 aliphatic rings. The highest BCUT2D eigenvalue weighted by Gasteiger charge is 2.20. The number of thiophene rings is 1. The molecule has 7 heteroatoms. The third-order valence-electron chi connectivity index (χ3n) is 2.22. The van der Waals surface area contributed by atoms with Crippen LogP contribution in [-0.2, 0) is 10.8 Å². The molecule has 2 atom stereocenters. The number of rotatable bonds is 5. The second-order valence-corrected chi connectivity index (χ2v) is 6.21. The molecule has 92 valence electrons. The Morgan fingerprint density at radius 3 is 3.12 bits per heavy atom. The molecule has 2 rings (SSSR count). The van der Waals surface area contributed by atoms with Crippen LogP contribution in [-0.4, -0.2) is 31.8 Å². The number of aromatic nitrogens is 2. The van der Waals surface area contributed by atoms with E-state index in [0.717, 1.165) is 4.88 Å². The van der Waals surface area contributed by atoms with Crippen molar-refractivity contribution in [2.24, 2.45) is 0 Å². The van der Waals surface area contributed by atoms with Crippen molar-refractivity contribution in [3.05, 3.63) is 23.4 Å². The fraction of sp³-hybridized carbons (Fsp3) is 0.400. The molecule has 0 saturated carbocycles. The van der Waals surface area contributed by atoms with Gasteiger partial charge in [0.05, 0.1) is 11.5 Å². The Kier molecular flexibility index (Phi) is 4.03. The van der Waals surface area contributed by atoms with Gasteiger partial charge in [-0.1, -0.05) is 11.2 Å². The minimum atomic E-state index is -1.19. The van der Waals surface area contributed by atoms with Gasteiger partial charge in [-0.2, -0.15) is 4.98 Å². The van der Waals surface area contributed by atoms with Gasteiger partial charge in [0.25, 0.3) is 0 Å². The molecule has 0 amide bonds. The number of hydrogen-bond acceptors (Lipinski definition) is 6. The smallest absolute Gasteiger partial charge is 0.242 e. The fourth-order valence-electron chi connectivity index (χ4n) is 1.29. The Morgan fingerprint density at radius 1 is 1.65 bits per heavy atom. The number of aliphatic hydroxyl groups is 1. The lowest BCUT2D eigenvalue weighted by molar-refractivity contribution is 0.320. The molecule has 0 aliphatic heterocycles. The molecule has 1 N–H and O–H groups in total. The Labute approximate surface area is 105 Å². The van der Waals surface area contributed by atoms with Gasteiger partial charge in [0, 0.05) is 16.6 Å². The highest BCUT2D eigenvalue weighted by atomic mass is 32.2. The zero-order valence-electron chi connectivity index (χ0n) is 9.20. The highest BCUT2D eigenvalue weighted by Crippen LogP contribution is 2.24. The summed E-state index contributed by atoms with van der Waals surface area (Å²) >= 11 is 1.52. The van der Waals surface area contributed by atoms with Gasteiger partial charge in [0.1, 0.15) is 5.25 Å². The first-order chi connectivity index (χ1) is 8.22. The van der Waals surface area contributed by atoms with Crippen molar-refractivity contribution >= 4 is 22.1 Å². The van der Waals surface area contributed by atoms with E-state index >= 15 is 0 Å². The normalized spacial score (nSPS) is 14.7. The minimum absolute atomic E-state index is 0.108. The number of nitrogens with zero attached hydrogens (tertiary/aromatic N) is 2. The zero-order chi connectivity index (χ0) is 12.3. The van der Waals surface area contributed by atoms with Crippen LogP contribution in [0.2, 0.25) is 0 Å². The monoisotopic (exact) mass is 272 g/mol.